The Kier molecular flexibility index (Phi) is 4.09. The summed E-state index contributed by atoms with van der Waals surface area (Å²) in [5, 5.41) is 4.47. The summed E-state index contributed by atoms with van der Waals surface area (Å²) in [5.41, 5.74) is 3.54. The summed E-state index contributed by atoms with van der Waals surface area (Å²) in [4.78, 5) is 7.29. The zero-order valence-corrected chi connectivity index (χ0v) is 13.8. The summed E-state index contributed by atoms with van der Waals surface area (Å²) in [6, 6.07) is 10.7. The van der Waals surface area contributed by atoms with Crippen LogP contribution < -0.4 is 10.2 Å². The van der Waals surface area contributed by atoms with Crippen LogP contribution >= 0.6 is 11.8 Å². The lowest BCUT2D eigenvalue weighted by molar-refractivity contribution is 0.648. The van der Waals surface area contributed by atoms with Crippen molar-refractivity contribution < 1.29 is 0 Å². The number of benzene rings is 1. The maximum Gasteiger partial charge on any atom is 0.0726 e. The molecule has 0 saturated carbocycles. The molecule has 1 saturated heterocycles. The first-order chi connectivity index (χ1) is 10.1. The van der Waals surface area contributed by atoms with E-state index in [1.165, 1.54) is 16.8 Å². The molecule has 1 aromatic heterocycles. The van der Waals surface area contributed by atoms with Gasteiger partial charge in [0, 0.05) is 41.2 Å². The highest BCUT2D eigenvalue weighted by atomic mass is 32.2. The molecule has 0 unspecified atom stereocenters. The Morgan fingerprint density at radius 2 is 2.14 bits per heavy atom. The Labute approximate surface area is 131 Å². The quantitative estimate of drug-likeness (QED) is 0.941. The molecule has 1 fully saturated rings. The minimum atomic E-state index is 0.311. The summed E-state index contributed by atoms with van der Waals surface area (Å²) in [5.74, 6) is 1.19. The number of nitrogens with one attached hydrogen (secondary N) is 1. The van der Waals surface area contributed by atoms with Gasteiger partial charge in [-0.05, 0) is 33.0 Å². The summed E-state index contributed by atoms with van der Waals surface area (Å²) in [6.45, 7) is 7.68. The smallest absolute Gasteiger partial charge is 0.0726 e. The third-order valence-electron chi connectivity index (χ3n) is 3.87. The van der Waals surface area contributed by atoms with Crippen molar-refractivity contribution in [2.75, 3.05) is 30.8 Å². The number of rotatable bonds is 3. The standard InChI is InChI=1S/C17H23N3S/c1-17(2)12-20(8-9-21-17)16-10-13(11-18-3)19-15-7-5-4-6-14(15)16/h4-7,10,18H,8-9,11-12H2,1-3H3. The van der Waals surface area contributed by atoms with Gasteiger partial charge in [0.25, 0.3) is 0 Å². The number of fused-ring (bicyclic) bond motifs is 1. The maximum absolute atomic E-state index is 4.76. The van der Waals surface area contributed by atoms with Gasteiger partial charge in [-0.3, -0.25) is 4.98 Å². The molecule has 1 aromatic carbocycles. The zero-order chi connectivity index (χ0) is 14.9. The number of pyridine rings is 1. The first kappa shape index (κ1) is 14.7. The van der Waals surface area contributed by atoms with Crippen LogP contribution in [0.1, 0.15) is 19.5 Å². The fraction of sp³-hybridized carbons (Fsp3) is 0.471. The van der Waals surface area contributed by atoms with Crippen molar-refractivity contribution >= 4 is 28.4 Å². The second kappa shape index (κ2) is 5.85. The van der Waals surface area contributed by atoms with E-state index in [1.54, 1.807) is 0 Å². The number of para-hydroxylation sites is 1. The van der Waals surface area contributed by atoms with Gasteiger partial charge in [0.15, 0.2) is 0 Å². The SMILES string of the molecule is CNCc1cc(N2CCSC(C)(C)C2)c2ccccc2n1. The van der Waals surface area contributed by atoms with Gasteiger partial charge in [-0.15, -0.1) is 0 Å². The summed E-state index contributed by atoms with van der Waals surface area (Å²) >= 11 is 2.07. The van der Waals surface area contributed by atoms with E-state index in [9.17, 15) is 0 Å². The van der Waals surface area contributed by atoms with E-state index in [0.717, 1.165) is 30.8 Å². The molecule has 0 radical (unpaired) electrons. The molecule has 0 aliphatic carbocycles. The summed E-state index contributed by atoms with van der Waals surface area (Å²) in [6.07, 6.45) is 0. The van der Waals surface area contributed by atoms with Crippen molar-refractivity contribution in [3.8, 4) is 0 Å². The average molecular weight is 301 g/mol. The van der Waals surface area contributed by atoms with Crippen LogP contribution in [0.5, 0.6) is 0 Å². The maximum atomic E-state index is 4.76. The fourth-order valence-corrected chi connectivity index (χ4v) is 4.08. The van der Waals surface area contributed by atoms with Gasteiger partial charge in [0.05, 0.1) is 11.2 Å². The summed E-state index contributed by atoms with van der Waals surface area (Å²) in [7, 11) is 1.97. The lowest BCUT2D eigenvalue weighted by Gasteiger charge is -2.39. The molecule has 21 heavy (non-hydrogen) atoms. The number of aromatic nitrogens is 1. The van der Waals surface area contributed by atoms with Crippen LogP contribution in [0, 0.1) is 0 Å². The van der Waals surface area contributed by atoms with E-state index in [0.29, 0.717) is 4.75 Å². The van der Waals surface area contributed by atoms with E-state index in [1.807, 2.05) is 7.05 Å². The highest BCUT2D eigenvalue weighted by Crippen LogP contribution is 2.35. The third-order valence-corrected chi connectivity index (χ3v) is 5.17. The Bertz CT molecular complexity index is 639. The summed E-state index contributed by atoms with van der Waals surface area (Å²) < 4.78 is 0.311. The highest BCUT2D eigenvalue weighted by molar-refractivity contribution is 8.00. The molecule has 2 heterocycles. The average Bonchev–Trinajstić information content (AvgIpc) is 2.46. The van der Waals surface area contributed by atoms with Gasteiger partial charge < -0.3 is 10.2 Å². The van der Waals surface area contributed by atoms with E-state index in [2.05, 4.69) is 66.2 Å². The molecule has 1 aliphatic rings. The van der Waals surface area contributed by atoms with Crippen LogP contribution in [0.4, 0.5) is 5.69 Å². The van der Waals surface area contributed by atoms with E-state index < -0.39 is 0 Å². The number of hydrogen-bond donors (Lipinski definition) is 1. The second-order valence-electron chi connectivity index (χ2n) is 6.21. The van der Waals surface area contributed by atoms with Crippen LogP contribution in [0.25, 0.3) is 10.9 Å². The topological polar surface area (TPSA) is 28.2 Å². The Morgan fingerprint density at radius 3 is 2.90 bits per heavy atom. The highest BCUT2D eigenvalue weighted by Gasteiger charge is 2.28. The van der Waals surface area contributed by atoms with Crippen molar-refractivity contribution in [1.82, 2.24) is 10.3 Å². The van der Waals surface area contributed by atoms with Gasteiger partial charge >= 0.3 is 0 Å². The predicted molar refractivity (Wildman–Crippen MR) is 93.3 cm³/mol. The first-order valence-electron chi connectivity index (χ1n) is 7.51. The van der Waals surface area contributed by atoms with E-state index >= 15 is 0 Å². The van der Waals surface area contributed by atoms with Crippen LogP contribution in [-0.2, 0) is 6.54 Å². The number of anilines is 1. The zero-order valence-electron chi connectivity index (χ0n) is 13.0. The monoisotopic (exact) mass is 301 g/mol. The molecule has 1 aliphatic heterocycles. The van der Waals surface area contributed by atoms with Gasteiger partial charge in [0.2, 0.25) is 0 Å². The van der Waals surface area contributed by atoms with Crippen molar-refractivity contribution in [1.29, 1.82) is 0 Å². The fourth-order valence-electron chi connectivity index (χ4n) is 2.97. The molecule has 0 amide bonds. The number of thioether (sulfide) groups is 1. The molecule has 1 N–H and O–H groups in total. The van der Waals surface area contributed by atoms with Gasteiger partial charge in [-0.2, -0.15) is 11.8 Å². The van der Waals surface area contributed by atoms with E-state index in [4.69, 9.17) is 4.98 Å². The van der Waals surface area contributed by atoms with Crippen LogP contribution in [0.15, 0.2) is 30.3 Å². The van der Waals surface area contributed by atoms with Crippen molar-refractivity contribution in [2.45, 2.75) is 25.1 Å². The molecule has 3 nitrogen and oxygen atoms in total. The van der Waals surface area contributed by atoms with Crippen molar-refractivity contribution in [2.24, 2.45) is 0 Å². The van der Waals surface area contributed by atoms with Gasteiger partial charge in [0.1, 0.15) is 0 Å². The van der Waals surface area contributed by atoms with Crippen LogP contribution in [-0.4, -0.2) is 35.6 Å². The lowest BCUT2D eigenvalue weighted by atomic mass is 10.1. The number of nitrogens with zero attached hydrogens (tertiary/aromatic N) is 2. The lowest BCUT2D eigenvalue weighted by Crippen LogP contribution is -2.43. The minimum absolute atomic E-state index is 0.311. The van der Waals surface area contributed by atoms with Gasteiger partial charge in [-0.1, -0.05) is 18.2 Å². The molecule has 2 aromatic rings. The Balaban J connectivity index is 2.07. The third kappa shape index (κ3) is 3.16. The van der Waals surface area contributed by atoms with Crippen molar-refractivity contribution in [3.63, 3.8) is 0 Å². The van der Waals surface area contributed by atoms with Crippen molar-refractivity contribution in [3.05, 3.63) is 36.0 Å². The molecule has 112 valence electrons. The predicted octanol–water partition coefficient (Wildman–Crippen LogP) is 3.29. The number of hydrogen-bond acceptors (Lipinski definition) is 4. The van der Waals surface area contributed by atoms with E-state index in [-0.39, 0.29) is 0 Å². The molecule has 0 atom stereocenters. The molecule has 4 heteroatoms. The second-order valence-corrected chi connectivity index (χ2v) is 8.01. The largest absolute Gasteiger partial charge is 0.369 e. The molecule has 3 rings (SSSR count). The Hall–Kier alpha value is -1.26. The molecular weight excluding hydrogens is 278 g/mol. The minimum Gasteiger partial charge on any atom is -0.369 e. The van der Waals surface area contributed by atoms with Crippen LogP contribution in [0.2, 0.25) is 0 Å². The van der Waals surface area contributed by atoms with Gasteiger partial charge in [-0.25, -0.2) is 0 Å². The Morgan fingerprint density at radius 1 is 1.33 bits per heavy atom. The molecular formula is C17H23N3S. The first-order valence-corrected chi connectivity index (χ1v) is 8.50. The van der Waals surface area contributed by atoms with Crippen LogP contribution in [0.3, 0.4) is 0 Å². The molecule has 0 bridgehead atoms. The molecule has 0 spiro atoms. The normalized spacial score (nSPS) is 18.1.